The molecule has 0 saturated carbocycles. The van der Waals surface area contributed by atoms with Crippen LogP contribution >= 0.6 is 23.2 Å². The highest BCUT2D eigenvalue weighted by Gasteiger charge is 2.26. The second-order valence-electron chi connectivity index (χ2n) is 5.29. The summed E-state index contributed by atoms with van der Waals surface area (Å²) in [6, 6.07) is 6.66. The van der Waals surface area contributed by atoms with Crippen molar-refractivity contribution in [1.29, 1.82) is 0 Å². The second-order valence-corrected chi connectivity index (χ2v) is 6.10. The van der Waals surface area contributed by atoms with Crippen molar-refractivity contribution in [1.82, 2.24) is 0 Å². The number of halogens is 2. The van der Waals surface area contributed by atoms with Crippen molar-refractivity contribution >= 4 is 46.0 Å². The summed E-state index contributed by atoms with van der Waals surface area (Å²) in [7, 11) is 2.77. The van der Waals surface area contributed by atoms with Gasteiger partial charge in [-0.25, -0.2) is 0 Å². The predicted molar refractivity (Wildman–Crippen MR) is 101 cm³/mol. The zero-order chi connectivity index (χ0) is 18.8. The molecule has 26 heavy (non-hydrogen) atoms. The van der Waals surface area contributed by atoms with Crippen molar-refractivity contribution in [2.45, 2.75) is 0 Å². The molecule has 0 spiro atoms. The summed E-state index contributed by atoms with van der Waals surface area (Å²) >= 11 is 12.2. The van der Waals surface area contributed by atoms with Gasteiger partial charge in [0.25, 0.3) is 0 Å². The van der Waals surface area contributed by atoms with E-state index < -0.39 is 5.78 Å². The van der Waals surface area contributed by atoms with Gasteiger partial charge in [-0.3, -0.25) is 4.79 Å². The Morgan fingerprint density at radius 3 is 2.38 bits per heavy atom. The molecule has 0 fully saturated rings. The lowest BCUT2D eigenvalue weighted by atomic mass is 10.0. The third kappa shape index (κ3) is 3.00. The van der Waals surface area contributed by atoms with Gasteiger partial charge in [-0.15, -0.1) is 0 Å². The molecule has 1 aromatic heterocycles. The quantitative estimate of drug-likeness (QED) is 0.467. The van der Waals surface area contributed by atoms with Gasteiger partial charge in [0.1, 0.15) is 11.3 Å². The molecule has 3 rings (SSSR count). The highest BCUT2D eigenvalue weighted by Crippen LogP contribution is 2.46. The maximum absolute atomic E-state index is 12.8. The number of hydrogen-bond acceptors (Lipinski definition) is 5. The van der Waals surface area contributed by atoms with Gasteiger partial charge in [-0.05, 0) is 30.4 Å². The highest BCUT2D eigenvalue weighted by atomic mass is 35.5. The maximum Gasteiger partial charge on any atom is 0.205 e. The van der Waals surface area contributed by atoms with E-state index in [0.717, 1.165) is 0 Å². The number of carbonyl (C=O) groups is 1. The number of ketones is 1. The molecular formula is C19H14Cl2O5. The number of rotatable bonds is 5. The molecule has 0 unspecified atom stereocenters. The molecule has 2 aromatic carbocycles. The van der Waals surface area contributed by atoms with Crippen LogP contribution < -0.4 is 9.47 Å². The third-order valence-corrected chi connectivity index (χ3v) is 4.51. The molecule has 7 heteroatoms. The Hall–Kier alpha value is -2.63. The Kier molecular flexibility index (Phi) is 5.11. The van der Waals surface area contributed by atoms with Crippen molar-refractivity contribution in [2.75, 3.05) is 14.2 Å². The number of ether oxygens (including phenoxy) is 2. The van der Waals surface area contributed by atoms with Crippen molar-refractivity contribution in [3.05, 3.63) is 57.8 Å². The van der Waals surface area contributed by atoms with E-state index >= 15 is 0 Å². The summed E-state index contributed by atoms with van der Waals surface area (Å²) in [5, 5.41) is 11.8. The highest BCUT2D eigenvalue weighted by molar-refractivity contribution is 6.37. The minimum atomic E-state index is -0.503. The number of aromatic hydroxyl groups is 1. The van der Waals surface area contributed by atoms with Crippen molar-refractivity contribution in [2.24, 2.45) is 0 Å². The zero-order valence-electron chi connectivity index (χ0n) is 13.9. The van der Waals surface area contributed by atoms with Crippen molar-refractivity contribution in [3.8, 4) is 17.2 Å². The number of phenolic OH excluding ortho intramolecular Hbond substituents is 1. The Morgan fingerprint density at radius 1 is 1.12 bits per heavy atom. The number of phenols is 1. The zero-order valence-corrected chi connectivity index (χ0v) is 15.4. The normalized spacial score (nSPS) is 11.2. The number of benzene rings is 2. The first-order chi connectivity index (χ1) is 12.5. The van der Waals surface area contributed by atoms with Crippen LogP contribution in [0.2, 0.25) is 10.0 Å². The minimum Gasteiger partial charge on any atom is -0.504 e. The third-order valence-electron chi connectivity index (χ3n) is 3.85. The molecule has 1 heterocycles. The standard InChI is InChI=1S/C19H14Cl2O5/c1-24-17-11-8-9-26-18(11)19(25-2)16(23)15(17)14(22)7-6-10-12(20)4-3-5-13(10)21/h3-9,23H,1-2H3. The molecular weight excluding hydrogens is 379 g/mol. The van der Waals surface area contributed by atoms with E-state index in [0.29, 0.717) is 21.0 Å². The van der Waals surface area contributed by atoms with Crippen LogP contribution in [-0.2, 0) is 0 Å². The van der Waals surface area contributed by atoms with Crippen LogP contribution in [0.15, 0.2) is 41.0 Å². The summed E-state index contributed by atoms with van der Waals surface area (Å²) in [4.78, 5) is 12.8. The van der Waals surface area contributed by atoms with Crippen LogP contribution in [0, 0.1) is 0 Å². The first-order valence-electron chi connectivity index (χ1n) is 7.50. The number of methoxy groups -OCH3 is 2. The lowest BCUT2D eigenvalue weighted by Crippen LogP contribution is -2.02. The molecule has 0 saturated heterocycles. The predicted octanol–water partition coefficient (Wildman–Crippen LogP) is 5.36. The number of furan rings is 1. The van der Waals surface area contributed by atoms with Crippen LogP contribution in [0.1, 0.15) is 15.9 Å². The van der Waals surface area contributed by atoms with Gasteiger partial charge in [0, 0.05) is 15.6 Å². The van der Waals surface area contributed by atoms with Crippen LogP contribution in [0.5, 0.6) is 17.2 Å². The average molecular weight is 393 g/mol. The van der Waals surface area contributed by atoms with Gasteiger partial charge in [-0.1, -0.05) is 29.3 Å². The molecule has 3 aromatic rings. The fourth-order valence-electron chi connectivity index (χ4n) is 2.67. The molecule has 5 nitrogen and oxygen atoms in total. The van der Waals surface area contributed by atoms with E-state index in [1.54, 1.807) is 24.3 Å². The summed E-state index contributed by atoms with van der Waals surface area (Å²) < 4.78 is 15.9. The summed E-state index contributed by atoms with van der Waals surface area (Å²) in [5.41, 5.74) is 0.744. The topological polar surface area (TPSA) is 68.9 Å². The molecule has 0 aliphatic heterocycles. The molecule has 0 aliphatic rings. The first-order valence-corrected chi connectivity index (χ1v) is 8.25. The fraction of sp³-hybridized carbons (Fsp3) is 0.105. The Morgan fingerprint density at radius 2 is 1.77 bits per heavy atom. The monoisotopic (exact) mass is 392 g/mol. The van der Waals surface area contributed by atoms with Crippen LogP contribution in [0.25, 0.3) is 17.0 Å². The van der Waals surface area contributed by atoms with E-state index in [1.165, 1.54) is 32.6 Å². The lowest BCUT2D eigenvalue weighted by molar-refractivity contribution is 0.104. The van der Waals surface area contributed by atoms with Gasteiger partial charge in [0.2, 0.25) is 5.75 Å². The van der Waals surface area contributed by atoms with E-state index in [9.17, 15) is 9.90 Å². The second kappa shape index (κ2) is 7.32. The number of carbonyl (C=O) groups excluding carboxylic acids is 1. The van der Waals surface area contributed by atoms with E-state index in [1.807, 2.05) is 0 Å². The molecule has 134 valence electrons. The number of allylic oxidation sites excluding steroid dienone is 1. The van der Waals surface area contributed by atoms with Crippen LogP contribution in [0.3, 0.4) is 0 Å². The lowest BCUT2D eigenvalue weighted by Gasteiger charge is -2.13. The Balaban J connectivity index is 2.14. The molecule has 1 N–H and O–H groups in total. The largest absolute Gasteiger partial charge is 0.504 e. The molecule has 0 bridgehead atoms. The maximum atomic E-state index is 12.8. The Labute approximate surface area is 159 Å². The smallest absolute Gasteiger partial charge is 0.205 e. The molecule has 0 atom stereocenters. The summed E-state index contributed by atoms with van der Waals surface area (Å²) in [6.45, 7) is 0. The van der Waals surface area contributed by atoms with Crippen molar-refractivity contribution in [3.63, 3.8) is 0 Å². The van der Waals surface area contributed by atoms with Gasteiger partial charge in [0.05, 0.1) is 25.9 Å². The first kappa shape index (κ1) is 18.2. The Bertz CT molecular complexity index is 1000. The van der Waals surface area contributed by atoms with Gasteiger partial charge < -0.3 is 19.0 Å². The number of hydrogen-bond donors (Lipinski definition) is 1. The van der Waals surface area contributed by atoms with Crippen molar-refractivity contribution < 1.29 is 23.8 Å². The van der Waals surface area contributed by atoms with Gasteiger partial charge in [0.15, 0.2) is 17.1 Å². The van der Waals surface area contributed by atoms with Crippen LogP contribution in [0.4, 0.5) is 0 Å². The SMILES string of the molecule is COc1c(C(=O)C=Cc2c(Cl)cccc2Cl)c(O)c(OC)c2occc12. The molecule has 0 radical (unpaired) electrons. The average Bonchev–Trinajstić information content (AvgIpc) is 3.09. The van der Waals surface area contributed by atoms with E-state index in [4.69, 9.17) is 37.1 Å². The minimum absolute atomic E-state index is 0.0438. The van der Waals surface area contributed by atoms with Crippen LogP contribution in [-0.4, -0.2) is 25.1 Å². The van der Waals surface area contributed by atoms with Gasteiger partial charge in [-0.2, -0.15) is 0 Å². The van der Waals surface area contributed by atoms with Gasteiger partial charge >= 0.3 is 0 Å². The van der Waals surface area contributed by atoms with E-state index in [2.05, 4.69) is 0 Å². The molecule has 0 aliphatic carbocycles. The summed E-state index contributed by atoms with van der Waals surface area (Å²) in [6.07, 6.45) is 4.16. The number of fused-ring (bicyclic) bond motifs is 1. The summed E-state index contributed by atoms with van der Waals surface area (Å²) in [5.74, 6) is -0.631. The fourth-order valence-corrected chi connectivity index (χ4v) is 3.19. The molecule has 0 amide bonds. The van der Waals surface area contributed by atoms with E-state index in [-0.39, 0.29) is 28.4 Å².